The van der Waals surface area contributed by atoms with Crippen LogP contribution >= 0.6 is 11.8 Å². The SMILES string of the molecule is CCOCSc1ccccc1C(=O)O. The average molecular weight is 212 g/mol. The number of hydrogen-bond acceptors (Lipinski definition) is 3. The molecule has 4 heteroatoms. The van der Waals surface area contributed by atoms with Gasteiger partial charge in [0.2, 0.25) is 0 Å². The second kappa shape index (κ2) is 5.67. The van der Waals surface area contributed by atoms with E-state index in [0.29, 0.717) is 18.1 Å². The van der Waals surface area contributed by atoms with Crippen molar-refractivity contribution in [2.75, 3.05) is 12.5 Å². The summed E-state index contributed by atoms with van der Waals surface area (Å²) >= 11 is 1.40. The summed E-state index contributed by atoms with van der Waals surface area (Å²) in [5.74, 6) is -0.412. The minimum Gasteiger partial charge on any atom is -0.478 e. The number of ether oxygens (including phenoxy) is 1. The summed E-state index contributed by atoms with van der Waals surface area (Å²) in [5, 5.41) is 8.87. The topological polar surface area (TPSA) is 46.5 Å². The van der Waals surface area contributed by atoms with Crippen molar-refractivity contribution in [3.8, 4) is 0 Å². The van der Waals surface area contributed by atoms with E-state index in [1.807, 2.05) is 13.0 Å². The van der Waals surface area contributed by atoms with E-state index in [0.717, 1.165) is 4.90 Å². The van der Waals surface area contributed by atoms with Crippen LogP contribution < -0.4 is 0 Å². The fourth-order valence-corrected chi connectivity index (χ4v) is 1.82. The quantitative estimate of drug-likeness (QED) is 0.462. The van der Waals surface area contributed by atoms with Crippen molar-refractivity contribution in [1.82, 2.24) is 0 Å². The summed E-state index contributed by atoms with van der Waals surface area (Å²) < 4.78 is 5.14. The number of hydrogen-bond donors (Lipinski definition) is 1. The van der Waals surface area contributed by atoms with Crippen molar-refractivity contribution in [3.05, 3.63) is 29.8 Å². The van der Waals surface area contributed by atoms with Crippen LogP contribution in [0.25, 0.3) is 0 Å². The van der Waals surface area contributed by atoms with Gasteiger partial charge in [-0.1, -0.05) is 23.9 Å². The van der Waals surface area contributed by atoms with E-state index in [1.165, 1.54) is 11.8 Å². The maximum Gasteiger partial charge on any atom is 0.336 e. The van der Waals surface area contributed by atoms with Crippen LogP contribution in [0.3, 0.4) is 0 Å². The van der Waals surface area contributed by atoms with Crippen molar-refractivity contribution in [2.24, 2.45) is 0 Å². The molecule has 14 heavy (non-hydrogen) atoms. The van der Waals surface area contributed by atoms with Gasteiger partial charge in [-0.3, -0.25) is 0 Å². The molecule has 1 N–H and O–H groups in total. The maximum atomic E-state index is 10.8. The Balaban J connectivity index is 2.69. The zero-order valence-electron chi connectivity index (χ0n) is 7.90. The second-order valence-corrected chi connectivity index (χ2v) is 3.52. The highest BCUT2D eigenvalue weighted by atomic mass is 32.2. The van der Waals surface area contributed by atoms with E-state index in [4.69, 9.17) is 9.84 Å². The van der Waals surface area contributed by atoms with Gasteiger partial charge in [-0.15, -0.1) is 0 Å². The van der Waals surface area contributed by atoms with Gasteiger partial charge in [0.1, 0.15) is 0 Å². The maximum absolute atomic E-state index is 10.8. The van der Waals surface area contributed by atoms with E-state index in [9.17, 15) is 4.79 Å². The Morgan fingerprint density at radius 2 is 2.21 bits per heavy atom. The number of aromatic carboxylic acids is 1. The minimum absolute atomic E-state index is 0.331. The highest BCUT2D eigenvalue weighted by Gasteiger charge is 2.08. The first-order chi connectivity index (χ1) is 6.75. The van der Waals surface area contributed by atoms with E-state index < -0.39 is 5.97 Å². The van der Waals surface area contributed by atoms with Crippen LogP contribution in [0.5, 0.6) is 0 Å². The normalized spacial score (nSPS) is 10.1. The summed E-state index contributed by atoms with van der Waals surface area (Å²) in [6.45, 7) is 2.55. The van der Waals surface area contributed by atoms with Gasteiger partial charge in [-0.25, -0.2) is 4.79 Å². The molecular formula is C10H12O3S. The van der Waals surface area contributed by atoms with E-state index in [-0.39, 0.29) is 0 Å². The molecule has 0 aromatic heterocycles. The van der Waals surface area contributed by atoms with Crippen LogP contribution in [0.2, 0.25) is 0 Å². The zero-order chi connectivity index (χ0) is 10.4. The predicted octanol–water partition coefficient (Wildman–Crippen LogP) is 2.47. The van der Waals surface area contributed by atoms with Gasteiger partial charge >= 0.3 is 5.97 Å². The molecule has 0 bridgehead atoms. The first kappa shape index (κ1) is 11.1. The van der Waals surface area contributed by atoms with Gasteiger partial charge in [0.05, 0.1) is 11.5 Å². The lowest BCUT2D eigenvalue weighted by Gasteiger charge is -2.04. The number of carboxylic acid groups (broad SMARTS) is 1. The van der Waals surface area contributed by atoms with Crippen LogP contribution in [0.1, 0.15) is 17.3 Å². The summed E-state index contributed by atoms with van der Waals surface area (Å²) in [6, 6.07) is 6.92. The van der Waals surface area contributed by atoms with Crippen molar-refractivity contribution < 1.29 is 14.6 Å². The molecule has 0 aliphatic heterocycles. The molecule has 76 valence electrons. The molecular weight excluding hydrogens is 200 g/mol. The summed E-state index contributed by atoms with van der Waals surface area (Å²) in [7, 11) is 0. The molecule has 0 unspecified atom stereocenters. The molecule has 0 spiro atoms. The van der Waals surface area contributed by atoms with E-state index in [1.54, 1.807) is 18.2 Å². The van der Waals surface area contributed by atoms with Crippen molar-refractivity contribution >= 4 is 17.7 Å². The summed E-state index contributed by atoms with van der Waals surface area (Å²) in [4.78, 5) is 11.5. The van der Waals surface area contributed by atoms with Crippen molar-refractivity contribution in [1.29, 1.82) is 0 Å². The molecule has 0 saturated heterocycles. The fraction of sp³-hybridized carbons (Fsp3) is 0.300. The largest absolute Gasteiger partial charge is 0.478 e. The Morgan fingerprint density at radius 3 is 2.86 bits per heavy atom. The van der Waals surface area contributed by atoms with Crippen LogP contribution in [0.15, 0.2) is 29.2 Å². The molecule has 1 aromatic rings. The van der Waals surface area contributed by atoms with Crippen LogP contribution in [-0.2, 0) is 4.74 Å². The Hall–Kier alpha value is -1.00. The standard InChI is InChI=1S/C10H12O3S/c1-2-13-7-14-9-6-4-3-5-8(9)10(11)12/h3-6H,2,7H2,1H3,(H,11,12). The zero-order valence-corrected chi connectivity index (χ0v) is 8.71. The third-order valence-electron chi connectivity index (χ3n) is 1.62. The highest BCUT2D eigenvalue weighted by Crippen LogP contribution is 2.22. The van der Waals surface area contributed by atoms with Crippen LogP contribution in [0, 0.1) is 0 Å². The molecule has 0 atom stereocenters. The Labute approximate surface area is 87.1 Å². The first-order valence-electron chi connectivity index (χ1n) is 4.28. The smallest absolute Gasteiger partial charge is 0.336 e. The lowest BCUT2D eigenvalue weighted by Crippen LogP contribution is -1.99. The Kier molecular flexibility index (Phi) is 4.49. The third kappa shape index (κ3) is 3.05. The number of carbonyl (C=O) groups is 1. The Morgan fingerprint density at radius 1 is 1.50 bits per heavy atom. The molecule has 0 heterocycles. The summed E-state index contributed by atoms with van der Waals surface area (Å²) in [6.07, 6.45) is 0. The molecule has 1 rings (SSSR count). The Bertz CT molecular complexity index is 312. The van der Waals surface area contributed by atoms with Crippen molar-refractivity contribution in [3.63, 3.8) is 0 Å². The van der Waals surface area contributed by atoms with Gasteiger partial charge < -0.3 is 9.84 Å². The lowest BCUT2D eigenvalue weighted by molar-refractivity contribution is 0.0693. The van der Waals surface area contributed by atoms with Gasteiger partial charge in [-0.05, 0) is 19.1 Å². The molecule has 0 fully saturated rings. The van der Waals surface area contributed by atoms with Crippen LogP contribution in [0.4, 0.5) is 0 Å². The lowest BCUT2D eigenvalue weighted by atomic mass is 10.2. The van der Waals surface area contributed by atoms with Gasteiger partial charge in [0, 0.05) is 11.5 Å². The van der Waals surface area contributed by atoms with Gasteiger partial charge in [0.15, 0.2) is 0 Å². The van der Waals surface area contributed by atoms with E-state index in [2.05, 4.69) is 0 Å². The molecule has 0 saturated carbocycles. The fourth-order valence-electron chi connectivity index (χ4n) is 0.958. The predicted molar refractivity (Wildman–Crippen MR) is 55.8 cm³/mol. The minimum atomic E-state index is -0.899. The number of benzene rings is 1. The number of carboxylic acids is 1. The molecule has 1 aromatic carbocycles. The number of thioether (sulfide) groups is 1. The number of rotatable bonds is 5. The molecule has 0 aliphatic rings. The molecule has 0 aliphatic carbocycles. The van der Waals surface area contributed by atoms with Crippen molar-refractivity contribution in [2.45, 2.75) is 11.8 Å². The third-order valence-corrected chi connectivity index (χ3v) is 2.57. The molecule has 0 amide bonds. The molecule has 0 radical (unpaired) electrons. The monoisotopic (exact) mass is 212 g/mol. The molecule has 3 nitrogen and oxygen atoms in total. The first-order valence-corrected chi connectivity index (χ1v) is 5.27. The van der Waals surface area contributed by atoms with Gasteiger partial charge in [-0.2, -0.15) is 0 Å². The van der Waals surface area contributed by atoms with E-state index >= 15 is 0 Å². The average Bonchev–Trinajstić information content (AvgIpc) is 2.19. The van der Waals surface area contributed by atoms with Crippen LogP contribution in [-0.4, -0.2) is 23.6 Å². The van der Waals surface area contributed by atoms with Gasteiger partial charge in [0.25, 0.3) is 0 Å². The second-order valence-electron chi connectivity index (χ2n) is 2.56. The highest BCUT2D eigenvalue weighted by molar-refractivity contribution is 7.99. The summed E-state index contributed by atoms with van der Waals surface area (Å²) in [5.41, 5.74) is 0.331.